The van der Waals surface area contributed by atoms with Gasteiger partial charge in [-0.3, -0.25) is 4.79 Å². The zero-order chi connectivity index (χ0) is 20.1. The van der Waals surface area contributed by atoms with Gasteiger partial charge in [0.15, 0.2) is 0 Å². The average molecular weight is 411 g/mol. The van der Waals surface area contributed by atoms with Gasteiger partial charge in [-0.05, 0) is 47.2 Å². The number of rotatable bonds is 7. The first-order chi connectivity index (χ1) is 13.5. The summed E-state index contributed by atoms with van der Waals surface area (Å²) in [6, 6.07) is 14.1. The number of hydrogen-bond donors (Lipinski definition) is 1. The Morgan fingerprint density at radius 3 is 2.21 bits per heavy atom. The summed E-state index contributed by atoms with van der Waals surface area (Å²) in [7, 11) is 0. The molecule has 1 amide bonds. The minimum atomic E-state index is -0.0638. The molecule has 3 nitrogen and oxygen atoms in total. The highest BCUT2D eigenvalue weighted by atomic mass is 32.2. The van der Waals surface area contributed by atoms with Crippen molar-refractivity contribution in [3.05, 3.63) is 75.7 Å². The molecule has 0 saturated carbocycles. The van der Waals surface area contributed by atoms with Gasteiger partial charge in [-0.15, -0.1) is 23.1 Å². The Hall–Kier alpha value is -2.11. The molecule has 0 unspecified atom stereocenters. The third-order valence-corrected chi connectivity index (χ3v) is 6.28. The van der Waals surface area contributed by atoms with Crippen LogP contribution >= 0.6 is 23.1 Å². The second-order valence-corrected chi connectivity index (χ2v) is 9.14. The molecule has 0 bridgehead atoms. The van der Waals surface area contributed by atoms with Gasteiger partial charge in [0.1, 0.15) is 0 Å². The Morgan fingerprint density at radius 2 is 1.68 bits per heavy atom. The summed E-state index contributed by atoms with van der Waals surface area (Å²) in [4.78, 5) is 18.3. The van der Waals surface area contributed by atoms with E-state index in [1.165, 1.54) is 11.1 Å². The van der Waals surface area contributed by atoms with Crippen molar-refractivity contribution in [3.8, 4) is 0 Å². The summed E-state index contributed by atoms with van der Waals surface area (Å²) in [5.41, 5.74) is 6.92. The van der Waals surface area contributed by atoms with Crippen molar-refractivity contribution in [2.75, 3.05) is 5.32 Å². The number of thiazole rings is 1. The van der Waals surface area contributed by atoms with Crippen LogP contribution in [0.5, 0.6) is 0 Å². The molecule has 5 heteroatoms. The average Bonchev–Trinajstić information content (AvgIpc) is 3.20. The Balaban J connectivity index is 1.74. The van der Waals surface area contributed by atoms with Gasteiger partial charge in [0.25, 0.3) is 5.91 Å². The lowest BCUT2D eigenvalue weighted by atomic mass is 9.92. The molecular formula is C23H26N2OS2. The Kier molecular flexibility index (Phi) is 6.92. The van der Waals surface area contributed by atoms with Crippen LogP contribution in [0.4, 0.5) is 5.69 Å². The molecule has 0 saturated heterocycles. The van der Waals surface area contributed by atoms with Gasteiger partial charge >= 0.3 is 0 Å². The lowest BCUT2D eigenvalue weighted by Gasteiger charge is -2.20. The van der Waals surface area contributed by atoms with E-state index in [9.17, 15) is 4.79 Å². The van der Waals surface area contributed by atoms with Gasteiger partial charge in [-0.25, -0.2) is 4.98 Å². The number of amides is 1. The van der Waals surface area contributed by atoms with Crippen LogP contribution in [0.2, 0.25) is 0 Å². The van der Waals surface area contributed by atoms with Crippen molar-refractivity contribution in [1.29, 1.82) is 0 Å². The molecule has 3 aromatic rings. The van der Waals surface area contributed by atoms with Crippen molar-refractivity contribution < 1.29 is 4.79 Å². The highest BCUT2D eigenvalue weighted by Crippen LogP contribution is 2.33. The normalized spacial score (nSPS) is 11.2. The van der Waals surface area contributed by atoms with Crippen LogP contribution in [0.15, 0.2) is 58.3 Å². The number of hydrogen-bond acceptors (Lipinski definition) is 4. The molecule has 146 valence electrons. The molecule has 28 heavy (non-hydrogen) atoms. The molecule has 0 spiro atoms. The van der Waals surface area contributed by atoms with Crippen molar-refractivity contribution in [2.24, 2.45) is 0 Å². The molecule has 1 heterocycles. The first kappa shape index (κ1) is 20.6. The maximum absolute atomic E-state index is 12.9. The highest BCUT2D eigenvalue weighted by Gasteiger charge is 2.16. The largest absolute Gasteiger partial charge is 0.321 e. The minimum absolute atomic E-state index is 0.0638. The second-order valence-electron chi connectivity index (χ2n) is 7.37. The van der Waals surface area contributed by atoms with E-state index in [4.69, 9.17) is 0 Å². The summed E-state index contributed by atoms with van der Waals surface area (Å²) in [5.74, 6) is 1.47. The van der Waals surface area contributed by atoms with Crippen molar-refractivity contribution in [3.63, 3.8) is 0 Å². The first-order valence-electron chi connectivity index (χ1n) is 9.49. The van der Waals surface area contributed by atoms with Gasteiger partial charge < -0.3 is 5.32 Å². The van der Waals surface area contributed by atoms with Crippen molar-refractivity contribution in [2.45, 2.75) is 50.2 Å². The fraction of sp³-hybridized carbons (Fsp3) is 0.304. The number of benzene rings is 2. The zero-order valence-corrected chi connectivity index (χ0v) is 18.4. The van der Waals surface area contributed by atoms with Crippen LogP contribution < -0.4 is 5.32 Å². The fourth-order valence-corrected chi connectivity index (χ4v) is 4.51. The lowest BCUT2D eigenvalue weighted by Crippen LogP contribution is -2.15. The third-order valence-electron chi connectivity index (χ3n) is 4.60. The standard InChI is InChI=1S/C23H26N2OS2/c1-15(2)20-6-5-7-21(16(3)4)22(20)25-23(26)17-8-10-19(11-9-17)28-13-18-12-27-14-24-18/h5-12,14-16H,13H2,1-4H3,(H,25,26). The van der Waals surface area contributed by atoms with Crippen molar-refractivity contribution >= 4 is 34.7 Å². The summed E-state index contributed by atoms with van der Waals surface area (Å²) < 4.78 is 0. The monoisotopic (exact) mass is 410 g/mol. The van der Waals surface area contributed by atoms with Gasteiger partial charge in [0.05, 0.1) is 11.2 Å². The molecule has 0 aliphatic carbocycles. The van der Waals surface area contributed by atoms with Crippen LogP contribution in [-0.2, 0) is 5.75 Å². The molecule has 2 aromatic carbocycles. The summed E-state index contributed by atoms with van der Waals surface area (Å²) in [5, 5.41) is 5.24. The first-order valence-corrected chi connectivity index (χ1v) is 11.4. The van der Waals surface area contributed by atoms with Gasteiger partial charge in [-0.2, -0.15) is 0 Å². The minimum Gasteiger partial charge on any atom is -0.321 e. The topological polar surface area (TPSA) is 42.0 Å². The van der Waals surface area contributed by atoms with E-state index in [1.807, 2.05) is 29.8 Å². The van der Waals surface area contributed by atoms with Gasteiger partial charge in [0, 0.05) is 27.3 Å². The predicted molar refractivity (Wildman–Crippen MR) is 121 cm³/mol. The van der Waals surface area contributed by atoms with E-state index in [-0.39, 0.29) is 5.91 Å². The Morgan fingerprint density at radius 1 is 1.04 bits per heavy atom. The summed E-state index contributed by atoms with van der Waals surface area (Å²) >= 11 is 3.34. The maximum atomic E-state index is 12.9. The van der Waals surface area contributed by atoms with Crippen LogP contribution in [0.25, 0.3) is 0 Å². The molecular weight excluding hydrogens is 384 g/mol. The molecule has 0 atom stereocenters. The predicted octanol–water partition coefficient (Wildman–Crippen LogP) is 6.93. The molecule has 0 radical (unpaired) electrons. The second kappa shape index (κ2) is 9.39. The number of carbonyl (C=O) groups excluding carboxylic acids is 1. The van der Waals surface area contributed by atoms with Crippen LogP contribution in [0.1, 0.15) is 66.7 Å². The maximum Gasteiger partial charge on any atom is 0.255 e. The molecule has 0 fully saturated rings. The fourth-order valence-electron chi connectivity index (χ4n) is 3.05. The molecule has 0 aliphatic heterocycles. The third kappa shape index (κ3) is 5.03. The number of carbonyl (C=O) groups is 1. The van der Waals surface area contributed by atoms with E-state index < -0.39 is 0 Å². The highest BCUT2D eigenvalue weighted by molar-refractivity contribution is 7.98. The number of nitrogens with zero attached hydrogens (tertiary/aromatic N) is 1. The number of anilines is 1. The van der Waals surface area contributed by atoms with E-state index in [0.717, 1.165) is 22.0 Å². The molecule has 1 N–H and O–H groups in total. The van der Waals surface area contributed by atoms with Gasteiger partial charge in [-0.1, -0.05) is 45.9 Å². The Labute approximate surface area is 175 Å². The van der Waals surface area contributed by atoms with Gasteiger partial charge in [0.2, 0.25) is 0 Å². The number of thioether (sulfide) groups is 1. The molecule has 0 aliphatic rings. The Bertz CT molecular complexity index is 890. The summed E-state index contributed by atoms with van der Waals surface area (Å²) in [6.45, 7) is 8.62. The van der Waals surface area contributed by atoms with Crippen LogP contribution in [0.3, 0.4) is 0 Å². The quantitative estimate of drug-likeness (QED) is 0.429. The molecule has 3 rings (SSSR count). The summed E-state index contributed by atoms with van der Waals surface area (Å²) in [6.07, 6.45) is 0. The number of aromatic nitrogens is 1. The molecule has 1 aromatic heterocycles. The van der Waals surface area contributed by atoms with E-state index in [1.54, 1.807) is 23.1 Å². The zero-order valence-electron chi connectivity index (χ0n) is 16.7. The number of para-hydroxylation sites is 1. The van der Waals surface area contributed by atoms with Crippen LogP contribution in [-0.4, -0.2) is 10.9 Å². The van der Waals surface area contributed by atoms with Crippen LogP contribution in [0, 0.1) is 0 Å². The van der Waals surface area contributed by atoms with E-state index in [2.05, 4.69) is 61.6 Å². The van der Waals surface area contributed by atoms with E-state index in [0.29, 0.717) is 17.4 Å². The smallest absolute Gasteiger partial charge is 0.255 e. The SMILES string of the molecule is CC(C)c1cccc(C(C)C)c1NC(=O)c1ccc(SCc2cscn2)cc1. The lowest BCUT2D eigenvalue weighted by molar-refractivity contribution is 0.102. The number of nitrogens with one attached hydrogen (secondary N) is 1. The van der Waals surface area contributed by atoms with Crippen molar-refractivity contribution in [1.82, 2.24) is 4.98 Å². The van der Waals surface area contributed by atoms with E-state index >= 15 is 0 Å².